The van der Waals surface area contributed by atoms with Crippen molar-refractivity contribution in [1.29, 1.82) is 0 Å². The molecule has 2 nitrogen and oxygen atoms in total. The Bertz CT molecular complexity index is 292. The second-order valence-corrected chi connectivity index (χ2v) is 2.17. The minimum absolute atomic E-state index is 0.0172. The largest absolute Gasteiger partial charge is 0.392 e. The standard InChI is InChI=1S/C8H7NOS/c10-5-7-3-1-2-4-8(7)9-6-11/h1-4,10H,5H2. The first-order chi connectivity index (χ1) is 5.38. The molecule has 0 aromatic heterocycles. The third kappa shape index (κ3) is 1.95. The Morgan fingerprint density at radius 2 is 2.18 bits per heavy atom. The number of hydrogen-bond acceptors (Lipinski definition) is 3. The van der Waals surface area contributed by atoms with E-state index in [1.807, 2.05) is 12.1 Å². The fourth-order valence-electron chi connectivity index (χ4n) is 0.803. The van der Waals surface area contributed by atoms with Crippen LogP contribution in [0.15, 0.2) is 29.3 Å². The van der Waals surface area contributed by atoms with Crippen LogP contribution in [-0.4, -0.2) is 10.3 Å². The molecule has 0 spiro atoms. The lowest BCUT2D eigenvalue weighted by atomic mass is 10.2. The fraction of sp³-hybridized carbons (Fsp3) is 0.125. The van der Waals surface area contributed by atoms with Crippen molar-refractivity contribution in [2.24, 2.45) is 4.99 Å². The van der Waals surface area contributed by atoms with Gasteiger partial charge < -0.3 is 5.11 Å². The average Bonchev–Trinajstić information content (AvgIpc) is 2.06. The zero-order valence-corrected chi connectivity index (χ0v) is 6.64. The summed E-state index contributed by atoms with van der Waals surface area (Å²) in [6, 6.07) is 7.26. The lowest BCUT2D eigenvalue weighted by molar-refractivity contribution is 0.282. The molecule has 0 amide bonds. The average molecular weight is 165 g/mol. The highest BCUT2D eigenvalue weighted by Gasteiger charge is 1.95. The smallest absolute Gasteiger partial charge is 0.0794 e. The van der Waals surface area contributed by atoms with Crippen LogP contribution < -0.4 is 0 Å². The molecular formula is C8H7NOS. The molecule has 0 radical (unpaired) electrons. The summed E-state index contributed by atoms with van der Waals surface area (Å²) < 4.78 is 0. The molecule has 0 heterocycles. The second kappa shape index (κ2) is 3.98. The molecule has 1 aromatic carbocycles. The summed E-state index contributed by atoms with van der Waals surface area (Å²) in [5, 5.41) is 11.1. The Morgan fingerprint density at radius 3 is 2.82 bits per heavy atom. The Hall–Kier alpha value is -1.02. The minimum Gasteiger partial charge on any atom is -0.392 e. The van der Waals surface area contributed by atoms with Crippen LogP contribution >= 0.6 is 12.2 Å². The van der Waals surface area contributed by atoms with Crippen molar-refractivity contribution >= 4 is 23.1 Å². The molecule has 0 aliphatic rings. The number of para-hydroxylation sites is 1. The fourth-order valence-corrected chi connectivity index (χ4v) is 0.901. The zero-order valence-electron chi connectivity index (χ0n) is 5.82. The van der Waals surface area contributed by atoms with E-state index in [2.05, 4.69) is 22.4 Å². The highest BCUT2D eigenvalue weighted by molar-refractivity contribution is 7.78. The van der Waals surface area contributed by atoms with Gasteiger partial charge in [-0.3, -0.25) is 0 Å². The molecule has 1 N–H and O–H groups in total. The zero-order chi connectivity index (χ0) is 8.10. The van der Waals surface area contributed by atoms with Crippen LogP contribution in [0.1, 0.15) is 5.56 Å². The Morgan fingerprint density at radius 1 is 1.45 bits per heavy atom. The Labute approximate surface area is 70.2 Å². The van der Waals surface area contributed by atoms with Gasteiger partial charge >= 0.3 is 0 Å². The van der Waals surface area contributed by atoms with Gasteiger partial charge in [0.15, 0.2) is 0 Å². The predicted octanol–water partition coefficient (Wildman–Crippen LogP) is 1.91. The molecule has 11 heavy (non-hydrogen) atoms. The molecular weight excluding hydrogens is 158 g/mol. The summed E-state index contributed by atoms with van der Waals surface area (Å²) in [5.74, 6) is 0. The number of aliphatic hydroxyl groups excluding tert-OH is 1. The molecule has 0 saturated heterocycles. The highest BCUT2D eigenvalue weighted by Crippen LogP contribution is 2.17. The molecule has 0 atom stereocenters. The van der Waals surface area contributed by atoms with Crippen LogP contribution in [0, 0.1) is 0 Å². The summed E-state index contributed by atoms with van der Waals surface area (Å²) in [4.78, 5) is 3.78. The molecule has 0 fully saturated rings. The molecule has 56 valence electrons. The Balaban J connectivity index is 3.11. The van der Waals surface area contributed by atoms with E-state index in [0.717, 1.165) is 5.56 Å². The maximum Gasteiger partial charge on any atom is 0.0794 e. The number of aliphatic hydroxyl groups is 1. The first-order valence-electron chi connectivity index (χ1n) is 3.15. The lowest BCUT2D eigenvalue weighted by Crippen LogP contribution is -1.81. The van der Waals surface area contributed by atoms with E-state index < -0.39 is 0 Å². The van der Waals surface area contributed by atoms with Crippen LogP contribution in [-0.2, 0) is 6.61 Å². The van der Waals surface area contributed by atoms with E-state index in [9.17, 15) is 0 Å². The summed E-state index contributed by atoms with van der Waals surface area (Å²) >= 11 is 4.44. The van der Waals surface area contributed by atoms with Gasteiger partial charge in [-0.1, -0.05) is 18.2 Å². The van der Waals surface area contributed by atoms with E-state index in [4.69, 9.17) is 5.11 Å². The van der Waals surface area contributed by atoms with E-state index in [-0.39, 0.29) is 6.61 Å². The number of benzene rings is 1. The van der Waals surface area contributed by atoms with Crippen LogP contribution in [0.5, 0.6) is 0 Å². The number of rotatable bonds is 2. The molecule has 0 unspecified atom stereocenters. The molecule has 1 aromatic rings. The number of isothiocyanates is 1. The van der Waals surface area contributed by atoms with Gasteiger partial charge in [-0.05, 0) is 18.3 Å². The maximum atomic E-state index is 8.82. The summed E-state index contributed by atoms with van der Waals surface area (Å²) in [6.45, 7) is -0.0172. The third-order valence-corrected chi connectivity index (χ3v) is 1.42. The molecule has 0 saturated carbocycles. The van der Waals surface area contributed by atoms with Crippen molar-refractivity contribution in [1.82, 2.24) is 0 Å². The summed E-state index contributed by atoms with van der Waals surface area (Å²) in [6.07, 6.45) is 0. The van der Waals surface area contributed by atoms with Gasteiger partial charge in [0, 0.05) is 5.56 Å². The number of hydrogen-bond donors (Lipinski definition) is 1. The number of thiocarbonyl (C=S) groups is 1. The Kier molecular flexibility index (Phi) is 2.93. The lowest BCUT2D eigenvalue weighted by Gasteiger charge is -1.97. The van der Waals surface area contributed by atoms with Gasteiger partial charge in [-0.25, -0.2) is 0 Å². The van der Waals surface area contributed by atoms with E-state index in [1.54, 1.807) is 12.1 Å². The van der Waals surface area contributed by atoms with E-state index >= 15 is 0 Å². The van der Waals surface area contributed by atoms with E-state index in [1.165, 1.54) is 0 Å². The molecule has 3 heteroatoms. The number of aliphatic imine (C=N–C) groups is 1. The van der Waals surface area contributed by atoms with Gasteiger partial charge in [0.05, 0.1) is 17.5 Å². The highest BCUT2D eigenvalue weighted by atomic mass is 32.1. The van der Waals surface area contributed by atoms with Gasteiger partial charge in [-0.15, -0.1) is 0 Å². The SMILES string of the molecule is OCc1ccccc1N=C=S. The summed E-state index contributed by atoms with van der Waals surface area (Å²) in [5.41, 5.74) is 1.45. The van der Waals surface area contributed by atoms with Crippen LogP contribution in [0.25, 0.3) is 0 Å². The van der Waals surface area contributed by atoms with Crippen LogP contribution in [0.4, 0.5) is 5.69 Å². The van der Waals surface area contributed by atoms with Gasteiger partial charge in [-0.2, -0.15) is 4.99 Å². The minimum atomic E-state index is -0.0172. The maximum absolute atomic E-state index is 8.82. The third-order valence-electron chi connectivity index (χ3n) is 1.33. The number of nitrogens with zero attached hydrogens (tertiary/aromatic N) is 1. The van der Waals surface area contributed by atoms with Crippen molar-refractivity contribution in [2.75, 3.05) is 0 Å². The molecule has 0 aliphatic heterocycles. The van der Waals surface area contributed by atoms with Crippen molar-refractivity contribution in [2.45, 2.75) is 6.61 Å². The first kappa shape index (κ1) is 8.08. The van der Waals surface area contributed by atoms with Gasteiger partial charge in [0.1, 0.15) is 0 Å². The summed E-state index contributed by atoms with van der Waals surface area (Å²) in [7, 11) is 0. The predicted molar refractivity (Wildman–Crippen MR) is 47.1 cm³/mol. The van der Waals surface area contributed by atoms with Crippen molar-refractivity contribution in [3.8, 4) is 0 Å². The monoisotopic (exact) mass is 165 g/mol. The van der Waals surface area contributed by atoms with Crippen molar-refractivity contribution in [3.63, 3.8) is 0 Å². The van der Waals surface area contributed by atoms with Gasteiger partial charge in [0.25, 0.3) is 0 Å². The molecule has 1 rings (SSSR count). The second-order valence-electron chi connectivity index (χ2n) is 1.99. The van der Waals surface area contributed by atoms with Crippen LogP contribution in [0.3, 0.4) is 0 Å². The van der Waals surface area contributed by atoms with Gasteiger partial charge in [0.2, 0.25) is 0 Å². The van der Waals surface area contributed by atoms with E-state index in [0.29, 0.717) is 5.69 Å². The van der Waals surface area contributed by atoms with Crippen molar-refractivity contribution in [3.05, 3.63) is 29.8 Å². The quantitative estimate of drug-likeness (QED) is 0.536. The normalized spacial score (nSPS) is 8.82. The first-order valence-corrected chi connectivity index (χ1v) is 3.56. The van der Waals surface area contributed by atoms with Crippen molar-refractivity contribution < 1.29 is 5.11 Å². The topological polar surface area (TPSA) is 32.6 Å². The molecule has 0 aliphatic carbocycles. The molecule has 0 bridgehead atoms. The van der Waals surface area contributed by atoms with Crippen LogP contribution in [0.2, 0.25) is 0 Å².